The number of rotatable bonds is 1. The first kappa shape index (κ1) is 15.0. The molecule has 3 nitrogen and oxygen atoms in total. The molecule has 2 aromatic carbocycles. The summed E-state index contributed by atoms with van der Waals surface area (Å²) in [7, 11) is 0. The average Bonchev–Trinajstić information content (AvgIpc) is 2.50. The van der Waals surface area contributed by atoms with E-state index in [0.717, 1.165) is 11.1 Å². The molecule has 1 aromatic heterocycles. The van der Waals surface area contributed by atoms with Crippen molar-refractivity contribution >= 4 is 26.7 Å². The zero-order chi connectivity index (χ0) is 15.9. The zero-order valence-corrected chi connectivity index (χ0v) is 14.4. The highest BCUT2D eigenvalue weighted by molar-refractivity contribution is 9.10. The lowest BCUT2D eigenvalue weighted by Crippen LogP contribution is -2.22. The third kappa shape index (κ3) is 2.59. The van der Waals surface area contributed by atoms with Gasteiger partial charge in [-0.05, 0) is 45.1 Å². The van der Waals surface area contributed by atoms with Crippen LogP contribution in [0.2, 0.25) is 0 Å². The van der Waals surface area contributed by atoms with Crippen molar-refractivity contribution in [3.8, 4) is 5.69 Å². The quantitative estimate of drug-likeness (QED) is 0.645. The molecule has 3 rings (SSSR count). The standard InChI is InChI=1S/C18H17BrN2O/c1-18(2,3)12-8-10-13(11-9-12)21-17(22)15-7-5-4-6-14(15)16(19)20-21/h4-11H,1-3H3. The van der Waals surface area contributed by atoms with E-state index >= 15 is 0 Å². The second-order valence-electron chi connectivity index (χ2n) is 6.35. The highest BCUT2D eigenvalue weighted by atomic mass is 79.9. The fraction of sp³-hybridized carbons (Fsp3) is 0.222. The second kappa shape index (κ2) is 5.36. The molecule has 4 heteroatoms. The summed E-state index contributed by atoms with van der Waals surface area (Å²) in [6, 6.07) is 15.5. The largest absolute Gasteiger partial charge is 0.279 e. The highest BCUT2D eigenvalue weighted by Crippen LogP contribution is 2.24. The molecule has 0 atom stereocenters. The Morgan fingerprint density at radius 3 is 2.14 bits per heavy atom. The minimum Gasteiger partial charge on any atom is -0.267 e. The van der Waals surface area contributed by atoms with Gasteiger partial charge in [-0.3, -0.25) is 4.79 Å². The van der Waals surface area contributed by atoms with Crippen molar-refractivity contribution in [2.45, 2.75) is 26.2 Å². The summed E-state index contributed by atoms with van der Waals surface area (Å²) in [5.41, 5.74) is 1.97. The number of benzene rings is 2. The van der Waals surface area contributed by atoms with Gasteiger partial charge in [-0.15, -0.1) is 0 Å². The van der Waals surface area contributed by atoms with E-state index in [-0.39, 0.29) is 11.0 Å². The van der Waals surface area contributed by atoms with Gasteiger partial charge in [0.05, 0.1) is 11.1 Å². The van der Waals surface area contributed by atoms with Crippen LogP contribution in [0.4, 0.5) is 0 Å². The smallest absolute Gasteiger partial charge is 0.267 e. The lowest BCUT2D eigenvalue weighted by atomic mass is 9.87. The second-order valence-corrected chi connectivity index (χ2v) is 7.10. The van der Waals surface area contributed by atoms with Crippen LogP contribution in [0, 0.1) is 0 Å². The fourth-order valence-electron chi connectivity index (χ4n) is 2.43. The molecular formula is C18H17BrN2O. The Kier molecular flexibility index (Phi) is 3.65. The number of hydrogen-bond donors (Lipinski definition) is 0. The summed E-state index contributed by atoms with van der Waals surface area (Å²) in [5, 5.41) is 5.87. The molecule has 112 valence electrons. The van der Waals surface area contributed by atoms with E-state index in [0.29, 0.717) is 9.99 Å². The minimum atomic E-state index is -0.109. The molecule has 0 saturated carbocycles. The third-order valence-corrected chi connectivity index (χ3v) is 4.32. The Morgan fingerprint density at radius 1 is 0.955 bits per heavy atom. The van der Waals surface area contributed by atoms with Crippen molar-refractivity contribution in [1.29, 1.82) is 0 Å². The van der Waals surface area contributed by atoms with Crippen LogP contribution in [0.3, 0.4) is 0 Å². The van der Waals surface area contributed by atoms with Gasteiger partial charge in [0, 0.05) is 5.39 Å². The summed E-state index contributed by atoms with van der Waals surface area (Å²) in [6.07, 6.45) is 0. The Balaban J connectivity index is 2.19. The van der Waals surface area contributed by atoms with Gasteiger partial charge < -0.3 is 0 Å². The van der Waals surface area contributed by atoms with Crippen molar-refractivity contribution in [3.05, 3.63) is 69.1 Å². The number of nitrogens with zero attached hydrogens (tertiary/aromatic N) is 2. The SMILES string of the molecule is CC(C)(C)c1ccc(-n2nc(Br)c3ccccc3c2=O)cc1. The molecule has 0 aliphatic heterocycles. The summed E-state index contributed by atoms with van der Waals surface area (Å²) in [4.78, 5) is 12.6. The van der Waals surface area contributed by atoms with Crippen LogP contribution in [0.1, 0.15) is 26.3 Å². The van der Waals surface area contributed by atoms with E-state index in [1.165, 1.54) is 10.2 Å². The Morgan fingerprint density at radius 2 is 1.55 bits per heavy atom. The Labute approximate surface area is 137 Å². The van der Waals surface area contributed by atoms with Gasteiger partial charge in [0.1, 0.15) is 4.60 Å². The van der Waals surface area contributed by atoms with Crippen molar-refractivity contribution in [2.75, 3.05) is 0 Å². The van der Waals surface area contributed by atoms with E-state index in [1.54, 1.807) is 0 Å². The van der Waals surface area contributed by atoms with Crippen LogP contribution >= 0.6 is 15.9 Å². The lowest BCUT2D eigenvalue weighted by Gasteiger charge is -2.19. The highest BCUT2D eigenvalue weighted by Gasteiger charge is 2.14. The average molecular weight is 357 g/mol. The molecule has 0 radical (unpaired) electrons. The van der Waals surface area contributed by atoms with Crippen LogP contribution in [-0.4, -0.2) is 9.78 Å². The normalized spacial score (nSPS) is 11.8. The van der Waals surface area contributed by atoms with Crippen LogP contribution < -0.4 is 5.56 Å². The molecule has 0 bridgehead atoms. The molecule has 0 aliphatic carbocycles. The van der Waals surface area contributed by atoms with Gasteiger partial charge in [0.25, 0.3) is 5.56 Å². The predicted octanol–water partition coefficient (Wildman–Crippen LogP) is 4.45. The van der Waals surface area contributed by atoms with E-state index in [4.69, 9.17) is 0 Å². The van der Waals surface area contributed by atoms with Gasteiger partial charge >= 0.3 is 0 Å². The first-order valence-electron chi connectivity index (χ1n) is 7.16. The van der Waals surface area contributed by atoms with E-state index in [2.05, 4.69) is 41.8 Å². The maximum atomic E-state index is 12.6. The van der Waals surface area contributed by atoms with Crippen molar-refractivity contribution < 1.29 is 0 Å². The third-order valence-electron chi connectivity index (χ3n) is 3.74. The van der Waals surface area contributed by atoms with Crippen molar-refractivity contribution in [3.63, 3.8) is 0 Å². The summed E-state index contributed by atoms with van der Waals surface area (Å²) < 4.78 is 2.11. The first-order valence-corrected chi connectivity index (χ1v) is 7.96. The van der Waals surface area contributed by atoms with Crippen LogP contribution in [-0.2, 0) is 5.41 Å². The molecule has 0 aliphatic rings. The maximum absolute atomic E-state index is 12.6. The number of hydrogen-bond acceptors (Lipinski definition) is 2. The minimum absolute atomic E-state index is 0.0842. The Hall–Kier alpha value is -1.94. The van der Waals surface area contributed by atoms with Crippen LogP contribution in [0.5, 0.6) is 0 Å². The summed E-state index contributed by atoms with van der Waals surface area (Å²) >= 11 is 3.45. The molecule has 0 amide bonds. The molecule has 0 fully saturated rings. The monoisotopic (exact) mass is 356 g/mol. The molecule has 0 N–H and O–H groups in total. The first-order chi connectivity index (χ1) is 10.4. The number of fused-ring (bicyclic) bond motifs is 1. The van der Waals surface area contributed by atoms with E-state index < -0.39 is 0 Å². The topological polar surface area (TPSA) is 34.9 Å². The maximum Gasteiger partial charge on any atom is 0.279 e. The molecule has 22 heavy (non-hydrogen) atoms. The molecule has 0 spiro atoms. The predicted molar refractivity (Wildman–Crippen MR) is 93.7 cm³/mol. The molecule has 3 aromatic rings. The fourth-order valence-corrected chi connectivity index (χ4v) is 2.93. The van der Waals surface area contributed by atoms with E-state index in [9.17, 15) is 4.79 Å². The Bertz CT molecular complexity index is 890. The number of aromatic nitrogens is 2. The molecular weight excluding hydrogens is 340 g/mol. The number of halogens is 1. The van der Waals surface area contributed by atoms with Crippen LogP contribution in [0.15, 0.2) is 57.9 Å². The van der Waals surface area contributed by atoms with Crippen molar-refractivity contribution in [1.82, 2.24) is 9.78 Å². The zero-order valence-electron chi connectivity index (χ0n) is 12.8. The van der Waals surface area contributed by atoms with Gasteiger partial charge in [0.15, 0.2) is 0 Å². The molecule has 1 heterocycles. The van der Waals surface area contributed by atoms with Crippen molar-refractivity contribution in [2.24, 2.45) is 0 Å². The lowest BCUT2D eigenvalue weighted by molar-refractivity contribution is 0.590. The summed E-state index contributed by atoms with van der Waals surface area (Å²) in [6.45, 7) is 6.50. The molecule has 0 saturated heterocycles. The van der Waals surface area contributed by atoms with Crippen LogP contribution in [0.25, 0.3) is 16.5 Å². The summed E-state index contributed by atoms with van der Waals surface area (Å²) in [5.74, 6) is 0. The molecule has 0 unspecified atom stereocenters. The van der Waals surface area contributed by atoms with E-state index in [1.807, 2.05) is 48.5 Å². The van der Waals surface area contributed by atoms with Gasteiger partial charge in [-0.1, -0.05) is 51.1 Å². The van der Waals surface area contributed by atoms with Gasteiger partial charge in [-0.2, -0.15) is 9.78 Å². The van der Waals surface area contributed by atoms with Gasteiger partial charge in [-0.25, -0.2) is 0 Å². The van der Waals surface area contributed by atoms with Gasteiger partial charge in [0.2, 0.25) is 0 Å².